The van der Waals surface area contributed by atoms with Gasteiger partial charge in [0.2, 0.25) is 5.78 Å². The fourth-order valence-electron chi connectivity index (χ4n) is 2.56. The SMILES string of the molecule is C=CCOc1cccc(OC(=O)c2ccccc2)c1C(=O)c1ccccc1. The van der Waals surface area contributed by atoms with Crippen molar-refractivity contribution in [3.8, 4) is 11.5 Å². The van der Waals surface area contributed by atoms with Crippen LogP contribution in [-0.4, -0.2) is 18.4 Å². The summed E-state index contributed by atoms with van der Waals surface area (Å²) in [5.74, 6) is -0.342. The fourth-order valence-corrected chi connectivity index (χ4v) is 2.56. The molecule has 0 amide bonds. The summed E-state index contributed by atoms with van der Waals surface area (Å²) in [4.78, 5) is 25.5. The molecular formula is C23H18O4. The molecule has 0 radical (unpaired) electrons. The van der Waals surface area contributed by atoms with Gasteiger partial charge in [0, 0.05) is 5.56 Å². The molecule has 0 spiro atoms. The molecule has 4 heteroatoms. The number of benzene rings is 3. The molecule has 27 heavy (non-hydrogen) atoms. The third-order valence-electron chi connectivity index (χ3n) is 3.82. The van der Waals surface area contributed by atoms with Crippen molar-refractivity contribution < 1.29 is 19.1 Å². The van der Waals surface area contributed by atoms with Crippen molar-refractivity contribution in [1.29, 1.82) is 0 Å². The zero-order valence-corrected chi connectivity index (χ0v) is 14.6. The molecule has 134 valence electrons. The maximum absolute atomic E-state index is 13.1. The molecule has 4 nitrogen and oxygen atoms in total. The second kappa shape index (κ2) is 8.63. The van der Waals surface area contributed by atoms with Gasteiger partial charge in [-0.2, -0.15) is 0 Å². The Labute approximate surface area is 157 Å². The summed E-state index contributed by atoms with van der Waals surface area (Å²) in [6.07, 6.45) is 1.58. The highest BCUT2D eigenvalue weighted by Gasteiger charge is 2.22. The van der Waals surface area contributed by atoms with Crippen LogP contribution in [0.3, 0.4) is 0 Å². The maximum atomic E-state index is 13.1. The first-order valence-electron chi connectivity index (χ1n) is 8.44. The number of hydrogen-bond acceptors (Lipinski definition) is 4. The van der Waals surface area contributed by atoms with Crippen LogP contribution in [0.1, 0.15) is 26.3 Å². The largest absolute Gasteiger partial charge is 0.489 e. The first kappa shape index (κ1) is 18.1. The summed E-state index contributed by atoms with van der Waals surface area (Å²) in [7, 11) is 0. The molecule has 0 bridgehead atoms. The van der Waals surface area contributed by atoms with E-state index in [1.165, 1.54) is 0 Å². The Morgan fingerprint density at radius 3 is 2.00 bits per heavy atom. The molecule has 3 aromatic rings. The number of ketones is 1. The number of ether oxygens (including phenoxy) is 2. The molecule has 3 aromatic carbocycles. The molecule has 0 aromatic heterocycles. The van der Waals surface area contributed by atoms with E-state index in [0.29, 0.717) is 16.9 Å². The molecule has 0 heterocycles. The van der Waals surface area contributed by atoms with Gasteiger partial charge in [-0.1, -0.05) is 67.3 Å². The topological polar surface area (TPSA) is 52.6 Å². The van der Waals surface area contributed by atoms with E-state index in [2.05, 4.69) is 6.58 Å². The summed E-state index contributed by atoms with van der Waals surface area (Å²) in [5, 5.41) is 0. The van der Waals surface area contributed by atoms with Crippen LogP contribution in [0.25, 0.3) is 0 Å². The van der Waals surface area contributed by atoms with Crippen molar-refractivity contribution in [2.45, 2.75) is 0 Å². The molecule has 0 fully saturated rings. The van der Waals surface area contributed by atoms with Crippen LogP contribution < -0.4 is 9.47 Å². The van der Waals surface area contributed by atoms with Gasteiger partial charge in [0.15, 0.2) is 0 Å². The van der Waals surface area contributed by atoms with Crippen LogP contribution in [0.4, 0.5) is 0 Å². The van der Waals surface area contributed by atoms with Gasteiger partial charge in [-0.15, -0.1) is 0 Å². The minimum absolute atomic E-state index is 0.152. The molecule has 0 aliphatic heterocycles. The lowest BCUT2D eigenvalue weighted by atomic mass is 10.0. The van der Waals surface area contributed by atoms with Gasteiger partial charge in [0.1, 0.15) is 23.7 Å². The molecule has 0 saturated carbocycles. The lowest BCUT2D eigenvalue weighted by Crippen LogP contribution is -2.13. The van der Waals surface area contributed by atoms with Crippen LogP contribution in [0.5, 0.6) is 11.5 Å². The van der Waals surface area contributed by atoms with Crippen molar-refractivity contribution in [2.24, 2.45) is 0 Å². The minimum atomic E-state index is -0.543. The number of carbonyl (C=O) groups excluding carboxylic acids is 2. The smallest absolute Gasteiger partial charge is 0.343 e. The summed E-state index contributed by atoms with van der Waals surface area (Å²) in [5.41, 5.74) is 1.08. The van der Waals surface area contributed by atoms with E-state index in [-0.39, 0.29) is 23.7 Å². The van der Waals surface area contributed by atoms with Crippen LogP contribution in [0.15, 0.2) is 91.5 Å². The first-order valence-corrected chi connectivity index (χ1v) is 8.44. The summed E-state index contributed by atoms with van der Waals surface area (Å²) in [6, 6.07) is 22.3. The molecule has 0 saturated heterocycles. The van der Waals surface area contributed by atoms with Gasteiger partial charge in [-0.3, -0.25) is 4.79 Å². The zero-order valence-electron chi connectivity index (χ0n) is 14.6. The van der Waals surface area contributed by atoms with Gasteiger partial charge in [0.05, 0.1) is 5.56 Å². The summed E-state index contributed by atoms with van der Waals surface area (Å²) < 4.78 is 11.2. The molecule has 0 N–H and O–H groups in total. The Hall–Kier alpha value is -3.66. The van der Waals surface area contributed by atoms with Gasteiger partial charge < -0.3 is 9.47 Å². The predicted octanol–water partition coefficient (Wildman–Crippen LogP) is 4.70. The summed E-state index contributed by atoms with van der Waals surface area (Å²) >= 11 is 0. The minimum Gasteiger partial charge on any atom is -0.489 e. The molecule has 0 unspecified atom stereocenters. The molecule has 3 rings (SSSR count). The van der Waals surface area contributed by atoms with Crippen LogP contribution >= 0.6 is 0 Å². The van der Waals surface area contributed by atoms with E-state index < -0.39 is 5.97 Å². The molecule has 0 aliphatic rings. The molecule has 0 atom stereocenters. The van der Waals surface area contributed by atoms with E-state index in [4.69, 9.17) is 9.47 Å². The molecular weight excluding hydrogens is 340 g/mol. The Morgan fingerprint density at radius 1 is 0.778 bits per heavy atom. The third kappa shape index (κ3) is 4.30. The summed E-state index contributed by atoms with van der Waals surface area (Å²) in [6.45, 7) is 3.85. The average Bonchev–Trinajstić information content (AvgIpc) is 2.73. The maximum Gasteiger partial charge on any atom is 0.343 e. The normalized spacial score (nSPS) is 10.1. The van der Waals surface area contributed by atoms with Crippen molar-refractivity contribution in [3.05, 3.63) is 108 Å². The highest BCUT2D eigenvalue weighted by molar-refractivity contribution is 6.13. The Morgan fingerprint density at radius 2 is 1.37 bits per heavy atom. The van der Waals surface area contributed by atoms with Gasteiger partial charge >= 0.3 is 5.97 Å². The van der Waals surface area contributed by atoms with Crippen molar-refractivity contribution in [1.82, 2.24) is 0 Å². The Bertz CT molecular complexity index is 947. The number of rotatable bonds is 7. The third-order valence-corrected chi connectivity index (χ3v) is 3.82. The lowest BCUT2D eigenvalue weighted by molar-refractivity contribution is 0.0732. The number of carbonyl (C=O) groups is 2. The fraction of sp³-hybridized carbons (Fsp3) is 0.0435. The van der Waals surface area contributed by atoms with Crippen molar-refractivity contribution >= 4 is 11.8 Å². The van der Waals surface area contributed by atoms with E-state index in [1.54, 1.807) is 72.8 Å². The zero-order chi connectivity index (χ0) is 19.1. The number of esters is 1. The van der Waals surface area contributed by atoms with Crippen LogP contribution in [0, 0.1) is 0 Å². The second-order valence-corrected chi connectivity index (χ2v) is 5.68. The average molecular weight is 358 g/mol. The highest BCUT2D eigenvalue weighted by Crippen LogP contribution is 2.31. The molecule has 0 aliphatic carbocycles. The predicted molar refractivity (Wildman–Crippen MR) is 103 cm³/mol. The quantitative estimate of drug-likeness (QED) is 0.266. The monoisotopic (exact) mass is 358 g/mol. The van der Waals surface area contributed by atoms with Gasteiger partial charge in [-0.05, 0) is 24.3 Å². The van der Waals surface area contributed by atoms with Gasteiger partial charge in [-0.25, -0.2) is 4.79 Å². The van der Waals surface area contributed by atoms with Crippen LogP contribution in [-0.2, 0) is 0 Å². The number of hydrogen-bond donors (Lipinski definition) is 0. The Kier molecular flexibility index (Phi) is 5.80. The van der Waals surface area contributed by atoms with E-state index in [0.717, 1.165) is 0 Å². The Balaban J connectivity index is 2.01. The van der Waals surface area contributed by atoms with Gasteiger partial charge in [0.25, 0.3) is 0 Å². The van der Waals surface area contributed by atoms with E-state index in [1.807, 2.05) is 12.1 Å². The van der Waals surface area contributed by atoms with Crippen LogP contribution in [0.2, 0.25) is 0 Å². The van der Waals surface area contributed by atoms with E-state index >= 15 is 0 Å². The lowest BCUT2D eigenvalue weighted by Gasteiger charge is -2.14. The van der Waals surface area contributed by atoms with E-state index in [9.17, 15) is 9.59 Å². The first-order chi connectivity index (χ1) is 13.2. The standard InChI is InChI=1S/C23H18O4/c1-2-16-26-19-14-9-15-20(27-23(25)18-12-7-4-8-13-18)21(19)22(24)17-10-5-3-6-11-17/h2-15H,1,16H2. The second-order valence-electron chi connectivity index (χ2n) is 5.68. The van der Waals surface area contributed by atoms with Crippen molar-refractivity contribution in [3.63, 3.8) is 0 Å². The highest BCUT2D eigenvalue weighted by atomic mass is 16.5. The van der Waals surface area contributed by atoms with Crippen molar-refractivity contribution in [2.75, 3.05) is 6.61 Å².